The van der Waals surface area contributed by atoms with Crippen molar-refractivity contribution in [2.75, 3.05) is 34.0 Å². The predicted octanol–water partition coefficient (Wildman–Crippen LogP) is 3.90. The summed E-state index contributed by atoms with van der Waals surface area (Å²) in [6, 6.07) is 10.9. The highest BCUT2D eigenvalue weighted by Crippen LogP contribution is 2.29. The van der Waals surface area contributed by atoms with Crippen LogP contribution in [0.2, 0.25) is 0 Å². The zero-order chi connectivity index (χ0) is 21.5. The van der Waals surface area contributed by atoms with Gasteiger partial charge in [-0.2, -0.15) is 4.99 Å². The van der Waals surface area contributed by atoms with E-state index in [0.29, 0.717) is 48.2 Å². The van der Waals surface area contributed by atoms with E-state index >= 15 is 0 Å². The van der Waals surface area contributed by atoms with Crippen molar-refractivity contribution in [2.24, 2.45) is 4.99 Å². The van der Waals surface area contributed by atoms with E-state index in [2.05, 4.69) is 4.99 Å². The van der Waals surface area contributed by atoms with E-state index in [1.165, 1.54) is 18.4 Å². The third-order valence-electron chi connectivity index (χ3n) is 4.45. The smallest absolute Gasteiger partial charge is 0.279 e. The van der Waals surface area contributed by atoms with E-state index in [1.54, 1.807) is 25.3 Å². The molecule has 3 aromatic rings. The largest absolute Gasteiger partial charge is 0.493 e. The molecule has 0 atom stereocenters. The van der Waals surface area contributed by atoms with E-state index in [0.717, 1.165) is 16.0 Å². The Morgan fingerprint density at radius 1 is 1.03 bits per heavy atom. The molecule has 2 aromatic carbocycles. The third-order valence-corrected chi connectivity index (χ3v) is 5.50. The van der Waals surface area contributed by atoms with Crippen LogP contribution in [0.25, 0.3) is 10.2 Å². The second-order valence-electron chi connectivity index (χ2n) is 6.26. The van der Waals surface area contributed by atoms with Crippen LogP contribution in [0.5, 0.6) is 17.2 Å². The number of para-hydroxylation sites is 1. The van der Waals surface area contributed by atoms with Gasteiger partial charge in [0.25, 0.3) is 5.91 Å². The lowest BCUT2D eigenvalue weighted by Crippen LogP contribution is -2.20. The summed E-state index contributed by atoms with van der Waals surface area (Å²) in [5.41, 5.74) is 1.34. The summed E-state index contributed by atoms with van der Waals surface area (Å²) in [4.78, 5) is 17.9. The first-order valence-corrected chi connectivity index (χ1v) is 10.6. The van der Waals surface area contributed by atoms with Crippen molar-refractivity contribution in [3.05, 3.63) is 46.8 Å². The molecular formula is C22H26N2O5S. The van der Waals surface area contributed by atoms with Gasteiger partial charge in [0.1, 0.15) is 11.3 Å². The molecule has 0 N–H and O–H groups in total. The van der Waals surface area contributed by atoms with Gasteiger partial charge in [-0.15, -0.1) is 0 Å². The van der Waals surface area contributed by atoms with Crippen molar-refractivity contribution < 1.29 is 23.7 Å². The first kappa shape index (κ1) is 21.9. The molecule has 30 heavy (non-hydrogen) atoms. The molecule has 0 aliphatic rings. The maximum Gasteiger partial charge on any atom is 0.279 e. The number of amides is 1. The number of carbonyl (C=O) groups is 1. The van der Waals surface area contributed by atoms with Crippen molar-refractivity contribution in [2.45, 2.75) is 20.4 Å². The van der Waals surface area contributed by atoms with Crippen molar-refractivity contribution >= 4 is 27.5 Å². The molecule has 1 aromatic heterocycles. The number of methoxy groups -OCH3 is 2. The summed E-state index contributed by atoms with van der Waals surface area (Å²) in [6.45, 7) is 6.15. The molecule has 1 amide bonds. The number of nitrogens with zero attached hydrogens (tertiary/aromatic N) is 2. The van der Waals surface area contributed by atoms with E-state index in [4.69, 9.17) is 18.9 Å². The van der Waals surface area contributed by atoms with Gasteiger partial charge in [-0.1, -0.05) is 17.4 Å². The van der Waals surface area contributed by atoms with Gasteiger partial charge >= 0.3 is 0 Å². The van der Waals surface area contributed by atoms with Crippen LogP contribution >= 0.6 is 11.3 Å². The van der Waals surface area contributed by atoms with E-state index in [9.17, 15) is 4.79 Å². The van der Waals surface area contributed by atoms with Crippen LogP contribution < -0.4 is 19.0 Å². The number of carbonyl (C=O) groups excluding carboxylic acids is 1. The number of hydrogen-bond acceptors (Lipinski definition) is 6. The lowest BCUT2D eigenvalue weighted by atomic mass is 10.2. The third kappa shape index (κ3) is 4.66. The van der Waals surface area contributed by atoms with Gasteiger partial charge in [-0.3, -0.25) is 4.79 Å². The molecular weight excluding hydrogens is 404 g/mol. The van der Waals surface area contributed by atoms with Crippen molar-refractivity contribution in [1.82, 2.24) is 4.57 Å². The van der Waals surface area contributed by atoms with Crippen molar-refractivity contribution in [1.29, 1.82) is 0 Å². The maximum atomic E-state index is 12.9. The first-order chi connectivity index (χ1) is 14.6. The molecule has 0 saturated heterocycles. The molecule has 0 spiro atoms. The number of hydrogen-bond donors (Lipinski definition) is 0. The molecule has 0 aliphatic carbocycles. The lowest BCUT2D eigenvalue weighted by Gasteiger charge is -2.10. The number of rotatable bonds is 9. The fourth-order valence-corrected chi connectivity index (χ4v) is 4.16. The highest BCUT2D eigenvalue weighted by Gasteiger charge is 2.14. The number of benzene rings is 2. The molecule has 7 nitrogen and oxygen atoms in total. The molecule has 0 saturated carbocycles. The fourth-order valence-electron chi connectivity index (χ4n) is 3.08. The average Bonchev–Trinajstić information content (AvgIpc) is 3.11. The number of ether oxygens (including phenoxy) is 4. The highest BCUT2D eigenvalue weighted by atomic mass is 32.1. The molecule has 0 radical (unpaired) electrons. The van der Waals surface area contributed by atoms with Crippen LogP contribution in [0.4, 0.5) is 0 Å². The normalized spacial score (nSPS) is 11.7. The monoisotopic (exact) mass is 430 g/mol. The summed E-state index contributed by atoms with van der Waals surface area (Å²) in [7, 11) is 3.09. The SMILES string of the molecule is CCOCCn1c(=NC(=O)c2ccc(OC)c(OC)c2)sc2cccc(OCC)c21. The zero-order valence-corrected chi connectivity index (χ0v) is 18.5. The second-order valence-corrected chi connectivity index (χ2v) is 7.26. The summed E-state index contributed by atoms with van der Waals surface area (Å²) in [5.74, 6) is 1.45. The van der Waals surface area contributed by atoms with Gasteiger partial charge < -0.3 is 23.5 Å². The fraction of sp³-hybridized carbons (Fsp3) is 0.364. The summed E-state index contributed by atoms with van der Waals surface area (Å²) in [5, 5.41) is 0. The standard InChI is InChI=1S/C22H26N2O5S/c1-5-28-13-12-24-20-17(29-6-2)8-7-9-19(20)30-22(24)23-21(25)15-10-11-16(26-3)18(14-15)27-4/h7-11,14H,5-6,12-13H2,1-4H3. The minimum absolute atomic E-state index is 0.356. The minimum atomic E-state index is -0.356. The molecule has 8 heteroatoms. The number of thiazole rings is 1. The lowest BCUT2D eigenvalue weighted by molar-refractivity contribution is 0.0996. The molecule has 0 fully saturated rings. The van der Waals surface area contributed by atoms with E-state index < -0.39 is 0 Å². The van der Waals surface area contributed by atoms with Crippen LogP contribution in [0, 0.1) is 0 Å². The van der Waals surface area contributed by atoms with E-state index in [1.807, 2.05) is 36.6 Å². The molecule has 3 rings (SSSR count). The Morgan fingerprint density at radius 2 is 1.83 bits per heavy atom. The van der Waals surface area contributed by atoms with Crippen LogP contribution in [-0.2, 0) is 11.3 Å². The molecule has 0 aliphatic heterocycles. The summed E-state index contributed by atoms with van der Waals surface area (Å²) < 4.78 is 24.9. The summed E-state index contributed by atoms with van der Waals surface area (Å²) >= 11 is 1.45. The Hall–Kier alpha value is -2.84. The Kier molecular flexibility index (Phi) is 7.48. The van der Waals surface area contributed by atoms with Gasteiger partial charge in [0.2, 0.25) is 0 Å². The van der Waals surface area contributed by atoms with Crippen LogP contribution in [0.1, 0.15) is 24.2 Å². The predicted molar refractivity (Wildman–Crippen MR) is 117 cm³/mol. The highest BCUT2D eigenvalue weighted by molar-refractivity contribution is 7.16. The molecule has 160 valence electrons. The van der Waals surface area contributed by atoms with Gasteiger partial charge in [0.15, 0.2) is 16.3 Å². The van der Waals surface area contributed by atoms with Crippen LogP contribution in [0.15, 0.2) is 41.4 Å². The van der Waals surface area contributed by atoms with Crippen molar-refractivity contribution in [3.63, 3.8) is 0 Å². The zero-order valence-electron chi connectivity index (χ0n) is 17.6. The average molecular weight is 431 g/mol. The van der Waals surface area contributed by atoms with Gasteiger partial charge in [-0.25, -0.2) is 0 Å². The van der Waals surface area contributed by atoms with Crippen molar-refractivity contribution in [3.8, 4) is 17.2 Å². The molecule has 0 unspecified atom stereocenters. The van der Waals surface area contributed by atoms with Crippen LogP contribution in [0.3, 0.4) is 0 Å². The Balaban J connectivity index is 2.09. The number of fused-ring (bicyclic) bond motifs is 1. The quantitative estimate of drug-likeness (QED) is 0.482. The van der Waals surface area contributed by atoms with Gasteiger partial charge in [0, 0.05) is 18.7 Å². The maximum absolute atomic E-state index is 12.9. The molecule has 0 bridgehead atoms. The second kappa shape index (κ2) is 10.3. The minimum Gasteiger partial charge on any atom is -0.493 e. The first-order valence-electron chi connectivity index (χ1n) is 9.76. The molecule has 1 heterocycles. The number of aromatic nitrogens is 1. The van der Waals surface area contributed by atoms with Gasteiger partial charge in [-0.05, 0) is 44.2 Å². The Labute approximate surface area is 179 Å². The topological polar surface area (TPSA) is 71.3 Å². The van der Waals surface area contributed by atoms with Gasteiger partial charge in [0.05, 0.1) is 32.1 Å². The Morgan fingerprint density at radius 3 is 2.53 bits per heavy atom. The van der Waals surface area contributed by atoms with Crippen LogP contribution in [-0.4, -0.2) is 44.5 Å². The summed E-state index contributed by atoms with van der Waals surface area (Å²) in [6.07, 6.45) is 0. The van der Waals surface area contributed by atoms with E-state index in [-0.39, 0.29) is 5.91 Å². The Bertz CT molecular complexity index is 1090.